The molecule has 0 saturated carbocycles. The number of carbonyl (C=O) groups excluding carboxylic acids is 1. The van der Waals surface area contributed by atoms with Crippen molar-refractivity contribution in [1.82, 2.24) is 5.32 Å². The number of carbonyl (C=O) groups is 1. The molecule has 0 spiro atoms. The van der Waals surface area contributed by atoms with E-state index in [9.17, 15) is 13.2 Å². The first-order chi connectivity index (χ1) is 14.3. The Morgan fingerprint density at radius 2 is 1.70 bits per heavy atom. The average Bonchev–Trinajstić information content (AvgIpc) is 2.70. The number of hydrogen-bond donors (Lipinski definition) is 1. The molecule has 0 aliphatic rings. The summed E-state index contributed by atoms with van der Waals surface area (Å²) < 4.78 is 31.7. The first-order valence-electron chi connectivity index (χ1n) is 10.3. The second-order valence-electron chi connectivity index (χ2n) is 7.35. The number of ether oxygens (including phenoxy) is 1. The van der Waals surface area contributed by atoms with Gasteiger partial charge in [0.25, 0.3) is 0 Å². The normalized spacial score (nSPS) is 12.3. The van der Waals surface area contributed by atoms with Crippen LogP contribution in [0, 0.1) is 6.92 Å². The third-order valence-electron chi connectivity index (χ3n) is 4.75. The predicted octanol–water partition coefficient (Wildman–Crippen LogP) is 3.69. The fourth-order valence-electron chi connectivity index (χ4n) is 3.25. The van der Waals surface area contributed by atoms with Crippen molar-refractivity contribution in [2.45, 2.75) is 46.1 Å². The van der Waals surface area contributed by atoms with E-state index in [0.717, 1.165) is 30.4 Å². The molecule has 1 atom stereocenters. The molecule has 2 aromatic carbocycles. The molecule has 1 unspecified atom stereocenters. The fourth-order valence-corrected chi connectivity index (χ4v) is 4.47. The summed E-state index contributed by atoms with van der Waals surface area (Å²) in [6.45, 7) is 6.46. The number of sulfonamides is 1. The number of anilines is 1. The Bertz CT molecular complexity index is 909. The summed E-state index contributed by atoms with van der Waals surface area (Å²) in [5.41, 5.74) is 2.76. The van der Waals surface area contributed by atoms with Crippen molar-refractivity contribution in [3.63, 3.8) is 0 Å². The number of hydrogen-bond acceptors (Lipinski definition) is 4. The van der Waals surface area contributed by atoms with Crippen molar-refractivity contribution >= 4 is 21.6 Å². The van der Waals surface area contributed by atoms with Gasteiger partial charge in [-0.2, -0.15) is 0 Å². The van der Waals surface area contributed by atoms with E-state index >= 15 is 0 Å². The average molecular weight is 433 g/mol. The number of rotatable bonds is 11. The lowest BCUT2D eigenvalue weighted by Gasteiger charge is -2.30. The molecule has 0 heterocycles. The van der Waals surface area contributed by atoms with Crippen molar-refractivity contribution in [3.05, 3.63) is 59.7 Å². The molecule has 0 aliphatic heterocycles. The molecule has 1 amide bonds. The van der Waals surface area contributed by atoms with Crippen molar-refractivity contribution in [1.29, 1.82) is 0 Å². The number of amides is 1. The standard InChI is InChI=1S/C23H32N2O4S/c1-5-7-19-10-14-21(15-11-19)29-17-16-24-23(26)22(6-2)25(30(4,27)28)20-12-8-18(3)9-13-20/h8-15,22H,5-7,16-17H2,1-4H3,(H,24,26). The zero-order chi connectivity index (χ0) is 22.1. The zero-order valence-electron chi connectivity index (χ0n) is 18.2. The van der Waals surface area contributed by atoms with E-state index in [4.69, 9.17) is 4.74 Å². The van der Waals surface area contributed by atoms with Crippen molar-refractivity contribution in [3.8, 4) is 5.75 Å². The molecule has 0 radical (unpaired) electrons. The van der Waals surface area contributed by atoms with Gasteiger partial charge in [0, 0.05) is 0 Å². The van der Waals surface area contributed by atoms with E-state index in [1.807, 2.05) is 43.3 Å². The number of aryl methyl sites for hydroxylation is 2. The summed E-state index contributed by atoms with van der Waals surface area (Å²) in [6, 6.07) is 14.2. The predicted molar refractivity (Wildman–Crippen MR) is 122 cm³/mol. The highest BCUT2D eigenvalue weighted by Crippen LogP contribution is 2.23. The van der Waals surface area contributed by atoms with E-state index in [0.29, 0.717) is 18.7 Å². The van der Waals surface area contributed by atoms with Crippen molar-refractivity contribution in [2.75, 3.05) is 23.7 Å². The second-order valence-corrected chi connectivity index (χ2v) is 9.21. The van der Waals surface area contributed by atoms with Gasteiger partial charge < -0.3 is 10.1 Å². The SMILES string of the molecule is CCCc1ccc(OCCNC(=O)C(CC)N(c2ccc(C)cc2)S(C)(=O)=O)cc1. The minimum Gasteiger partial charge on any atom is -0.492 e. The monoisotopic (exact) mass is 432 g/mol. The van der Waals surface area contributed by atoms with Gasteiger partial charge in [-0.15, -0.1) is 0 Å². The molecule has 7 heteroatoms. The molecule has 6 nitrogen and oxygen atoms in total. The van der Waals surface area contributed by atoms with Crippen LogP contribution in [0.1, 0.15) is 37.8 Å². The van der Waals surface area contributed by atoms with Crippen LogP contribution >= 0.6 is 0 Å². The summed E-state index contributed by atoms with van der Waals surface area (Å²) in [4.78, 5) is 12.8. The van der Waals surface area contributed by atoms with E-state index in [1.165, 1.54) is 9.87 Å². The molecule has 0 aromatic heterocycles. The smallest absolute Gasteiger partial charge is 0.244 e. The van der Waals surface area contributed by atoms with Gasteiger partial charge in [-0.1, -0.05) is 50.1 Å². The summed E-state index contributed by atoms with van der Waals surface area (Å²) in [7, 11) is -3.63. The summed E-state index contributed by atoms with van der Waals surface area (Å²) in [5.74, 6) is 0.402. The van der Waals surface area contributed by atoms with Crippen LogP contribution in [0.15, 0.2) is 48.5 Å². The molecule has 0 fully saturated rings. The van der Waals surface area contributed by atoms with Crippen LogP contribution < -0.4 is 14.4 Å². The molecule has 0 aliphatic carbocycles. The Hall–Kier alpha value is -2.54. The highest BCUT2D eigenvalue weighted by atomic mass is 32.2. The molecule has 164 valence electrons. The van der Waals surface area contributed by atoms with E-state index in [-0.39, 0.29) is 12.5 Å². The molecule has 0 bridgehead atoms. The van der Waals surface area contributed by atoms with Gasteiger partial charge in [-0.25, -0.2) is 8.42 Å². The lowest BCUT2D eigenvalue weighted by molar-refractivity contribution is -0.122. The first-order valence-corrected chi connectivity index (χ1v) is 12.2. The number of nitrogens with zero attached hydrogens (tertiary/aromatic N) is 1. The quantitative estimate of drug-likeness (QED) is 0.550. The van der Waals surface area contributed by atoms with Gasteiger partial charge >= 0.3 is 0 Å². The lowest BCUT2D eigenvalue weighted by Crippen LogP contribution is -2.50. The van der Waals surface area contributed by atoms with Crippen LogP contribution in [0.3, 0.4) is 0 Å². The molecule has 0 saturated heterocycles. The van der Waals surface area contributed by atoms with Crippen LogP contribution in [0.25, 0.3) is 0 Å². The lowest BCUT2D eigenvalue weighted by atomic mass is 10.1. The molecular formula is C23H32N2O4S. The van der Waals surface area contributed by atoms with Crippen LogP contribution in [0.4, 0.5) is 5.69 Å². The third kappa shape index (κ3) is 6.76. The highest BCUT2D eigenvalue weighted by Gasteiger charge is 2.31. The number of nitrogens with one attached hydrogen (secondary N) is 1. The fraction of sp³-hybridized carbons (Fsp3) is 0.435. The van der Waals surface area contributed by atoms with Gasteiger partial charge in [-0.3, -0.25) is 9.10 Å². The minimum atomic E-state index is -3.63. The largest absolute Gasteiger partial charge is 0.492 e. The van der Waals surface area contributed by atoms with Crippen LogP contribution in [-0.2, 0) is 21.2 Å². The van der Waals surface area contributed by atoms with E-state index in [2.05, 4.69) is 12.2 Å². The maximum atomic E-state index is 12.8. The van der Waals surface area contributed by atoms with Crippen molar-refractivity contribution < 1.29 is 17.9 Å². The van der Waals surface area contributed by atoms with Gasteiger partial charge in [0.1, 0.15) is 18.4 Å². The first kappa shape index (κ1) is 23.7. The van der Waals surface area contributed by atoms with Crippen molar-refractivity contribution in [2.24, 2.45) is 0 Å². The van der Waals surface area contributed by atoms with Crippen LogP contribution in [0.2, 0.25) is 0 Å². The number of benzene rings is 2. The second kappa shape index (κ2) is 11.0. The Kier molecular flexibility index (Phi) is 8.72. The maximum absolute atomic E-state index is 12.8. The molecular weight excluding hydrogens is 400 g/mol. The zero-order valence-corrected chi connectivity index (χ0v) is 19.0. The summed E-state index contributed by atoms with van der Waals surface area (Å²) in [6.07, 6.45) is 3.60. The Balaban J connectivity index is 1.97. The van der Waals surface area contributed by atoms with Gasteiger partial charge in [-0.05, 0) is 49.6 Å². The topological polar surface area (TPSA) is 75.7 Å². The van der Waals surface area contributed by atoms with Crippen LogP contribution in [-0.4, -0.2) is 39.8 Å². The minimum absolute atomic E-state index is 0.289. The molecule has 1 N–H and O–H groups in total. The molecule has 2 aromatic rings. The van der Waals surface area contributed by atoms with Gasteiger partial charge in [0.15, 0.2) is 0 Å². The Labute approximate surface area is 180 Å². The van der Waals surface area contributed by atoms with Gasteiger partial charge in [0.05, 0.1) is 18.5 Å². The van der Waals surface area contributed by atoms with Gasteiger partial charge in [0.2, 0.25) is 15.9 Å². The highest BCUT2D eigenvalue weighted by molar-refractivity contribution is 7.92. The Morgan fingerprint density at radius 1 is 1.07 bits per heavy atom. The summed E-state index contributed by atoms with van der Waals surface area (Å²) in [5, 5.41) is 2.80. The van der Waals surface area contributed by atoms with E-state index < -0.39 is 16.1 Å². The maximum Gasteiger partial charge on any atom is 0.244 e. The third-order valence-corrected chi connectivity index (χ3v) is 5.93. The summed E-state index contributed by atoms with van der Waals surface area (Å²) >= 11 is 0. The molecule has 2 rings (SSSR count). The Morgan fingerprint density at radius 3 is 2.23 bits per heavy atom. The van der Waals surface area contributed by atoms with Crippen LogP contribution in [0.5, 0.6) is 5.75 Å². The molecule has 30 heavy (non-hydrogen) atoms. The van der Waals surface area contributed by atoms with E-state index in [1.54, 1.807) is 19.1 Å².